The Bertz CT molecular complexity index is 891. The number of nitrogens with zero attached hydrogens (tertiary/aromatic N) is 1. The van der Waals surface area contributed by atoms with Gasteiger partial charge in [-0.1, -0.05) is 30.3 Å². The number of phenolic OH excluding ortho intramolecular Hbond substituents is 1. The van der Waals surface area contributed by atoms with E-state index in [0.29, 0.717) is 10.5 Å². The van der Waals surface area contributed by atoms with Gasteiger partial charge in [-0.15, -0.1) is 0 Å². The van der Waals surface area contributed by atoms with Gasteiger partial charge in [0.25, 0.3) is 11.1 Å². The van der Waals surface area contributed by atoms with Crippen LogP contribution in [-0.4, -0.2) is 34.3 Å². The number of benzene rings is 2. The van der Waals surface area contributed by atoms with Gasteiger partial charge in [-0.05, 0) is 54.9 Å². The normalized spacial score (nSPS) is 15.8. The molecule has 6 heteroatoms. The summed E-state index contributed by atoms with van der Waals surface area (Å²) in [6.07, 6.45) is 1.53. The van der Waals surface area contributed by atoms with Crippen molar-refractivity contribution in [3.63, 3.8) is 0 Å². The summed E-state index contributed by atoms with van der Waals surface area (Å²) in [5.74, 6) is 0.451. The lowest BCUT2D eigenvalue weighted by Gasteiger charge is -2.14. The van der Waals surface area contributed by atoms with Crippen molar-refractivity contribution in [2.45, 2.75) is 13.8 Å². The number of carbonyl (C=O) groups is 2. The van der Waals surface area contributed by atoms with Crippen molar-refractivity contribution < 1.29 is 19.4 Å². The van der Waals surface area contributed by atoms with Crippen LogP contribution in [0.4, 0.5) is 4.79 Å². The van der Waals surface area contributed by atoms with Gasteiger partial charge in [-0.25, -0.2) is 0 Å². The number of hydrogen-bond acceptors (Lipinski definition) is 5. The van der Waals surface area contributed by atoms with Crippen molar-refractivity contribution in [1.29, 1.82) is 0 Å². The fourth-order valence-corrected chi connectivity index (χ4v) is 3.41. The van der Waals surface area contributed by atoms with Gasteiger partial charge < -0.3 is 9.84 Å². The highest BCUT2D eigenvalue weighted by atomic mass is 32.2. The van der Waals surface area contributed by atoms with Crippen LogP contribution in [-0.2, 0) is 4.79 Å². The summed E-state index contributed by atoms with van der Waals surface area (Å²) in [7, 11) is 0. The van der Waals surface area contributed by atoms with Crippen LogP contribution < -0.4 is 4.74 Å². The van der Waals surface area contributed by atoms with Gasteiger partial charge in [0.1, 0.15) is 18.1 Å². The van der Waals surface area contributed by atoms with E-state index in [-0.39, 0.29) is 30.0 Å². The molecule has 2 aromatic carbocycles. The molecule has 0 radical (unpaired) electrons. The van der Waals surface area contributed by atoms with Crippen LogP contribution in [0.5, 0.6) is 11.5 Å². The highest BCUT2D eigenvalue weighted by Gasteiger charge is 2.34. The third kappa shape index (κ3) is 3.91. The van der Waals surface area contributed by atoms with E-state index in [0.717, 1.165) is 28.6 Å². The van der Waals surface area contributed by atoms with E-state index in [4.69, 9.17) is 4.74 Å². The van der Waals surface area contributed by atoms with Crippen molar-refractivity contribution in [3.05, 3.63) is 64.1 Å². The Morgan fingerprint density at radius 3 is 2.69 bits per heavy atom. The number of rotatable bonds is 5. The molecular formula is C20H19NO4S. The smallest absolute Gasteiger partial charge is 0.293 e. The van der Waals surface area contributed by atoms with Gasteiger partial charge in [0.2, 0.25) is 0 Å². The number of amides is 2. The van der Waals surface area contributed by atoms with Crippen molar-refractivity contribution in [2.24, 2.45) is 0 Å². The Hall–Kier alpha value is -2.73. The SMILES string of the molecule is Cc1ccc(C)c(OCCN2C(=O)S/C(=C\c3ccccc3O)C2=O)c1. The molecular weight excluding hydrogens is 350 g/mol. The summed E-state index contributed by atoms with van der Waals surface area (Å²) in [4.78, 5) is 26.1. The lowest BCUT2D eigenvalue weighted by atomic mass is 10.1. The zero-order valence-electron chi connectivity index (χ0n) is 14.6. The molecule has 1 N–H and O–H groups in total. The zero-order chi connectivity index (χ0) is 18.7. The van der Waals surface area contributed by atoms with Crippen molar-refractivity contribution in [3.8, 4) is 11.5 Å². The Balaban J connectivity index is 1.66. The molecule has 0 aromatic heterocycles. The molecule has 2 aromatic rings. The van der Waals surface area contributed by atoms with E-state index in [1.807, 2.05) is 32.0 Å². The standard InChI is InChI=1S/C20H19NO4S/c1-13-7-8-14(2)17(11-13)25-10-9-21-19(23)18(26-20(21)24)12-15-5-3-4-6-16(15)22/h3-8,11-12,22H,9-10H2,1-2H3/b18-12-. The van der Waals surface area contributed by atoms with Crippen LogP contribution in [0.25, 0.3) is 6.08 Å². The third-order valence-electron chi connectivity index (χ3n) is 4.01. The second-order valence-corrected chi connectivity index (χ2v) is 7.00. The molecule has 2 amide bonds. The largest absolute Gasteiger partial charge is 0.507 e. The van der Waals surface area contributed by atoms with Crippen molar-refractivity contribution in [1.82, 2.24) is 4.90 Å². The van der Waals surface area contributed by atoms with E-state index < -0.39 is 0 Å². The Kier molecular flexibility index (Phi) is 5.32. The molecule has 26 heavy (non-hydrogen) atoms. The molecule has 0 saturated carbocycles. The summed E-state index contributed by atoms with van der Waals surface area (Å²) in [5.41, 5.74) is 2.59. The van der Waals surface area contributed by atoms with Crippen LogP contribution in [0.2, 0.25) is 0 Å². The second kappa shape index (κ2) is 7.66. The summed E-state index contributed by atoms with van der Waals surface area (Å²) < 4.78 is 5.73. The molecule has 1 aliphatic rings. The molecule has 0 bridgehead atoms. The Morgan fingerprint density at radius 1 is 1.15 bits per heavy atom. The molecule has 1 saturated heterocycles. The molecule has 0 aliphatic carbocycles. The Morgan fingerprint density at radius 2 is 1.92 bits per heavy atom. The highest BCUT2D eigenvalue weighted by Crippen LogP contribution is 2.33. The number of hydrogen-bond donors (Lipinski definition) is 1. The second-order valence-electron chi connectivity index (χ2n) is 6.01. The van der Waals surface area contributed by atoms with E-state index in [2.05, 4.69) is 0 Å². The predicted molar refractivity (Wildman–Crippen MR) is 102 cm³/mol. The molecule has 1 aliphatic heterocycles. The van der Waals surface area contributed by atoms with Gasteiger partial charge in [-0.3, -0.25) is 14.5 Å². The first-order valence-corrected chi connectivity index (χ1v) is 9.01. The van der Waals surface area contributed by atoms with Crippen molar-refractivity contribution in [2.75, 3.05) is 13.2 Å². The fourth-order valence-electron chi connectivity index (χ4n) is 2.55. The average Bonchev–Trinajstić information content (AvgIpc) is 2.87. The minimum Gasteiger partial charge on any atom is -0.507 e. The van der Waals surface area contributed by atoms with E-state index in [9.17, 15) is 14.7 Å². The predicted octanol–water partition coefficient (Wildman–Crippen LogP) is 4.12. The van der Waals surface area contributed by atoms with Crippen LogP contribution in [0.3, 0.4) is 0 Å². The third-order valence-corrected chi connectivity index (χ3v) is 4.92. The lowest BCUT2D eigenvalue weighted by molar-refractivity contribution is -0.123. The number of aromatic hydroxyl groups is 1. The Labute approximate surface area is 156 Å². The molecule has 5 nitrogen and oxygen atoms in total. The van der Waals surface area contributed by atoms with Crippen LogP contribution in [0.15, 0.2) is 47.4 Å². The first kappa shape index (κ1) is 18.1. The lowest BCUT2D eigenvalue weighted by Crippen LogP contribution is -2.32. The fraction of sp³-hybridized carbons (Fsp3) is 0.200. The molecule has 0 atom stereocenters. The summed E-state index contributed by atoms with van der Waals surface area (Å²) in [5, 5.41) is 9.49. The first-order chi connectivity index (χ1) is 12.5. The van der Waals surface area contributed by atoms with Gasteiger partial charge in [0.05, 0.1) is 11.4 Å². The zero-order valence-corrected chi connectivity index (χ0v) is 15.4. The molecule has 134 valence electrons. The monoisotopic (exact) mass is 369 g/mol. The molecule has 1 fully saturated rings. The molecule has 3 rings (SSSR count). The van der Waals surface area contributed by atoms with Gasteiger partial charge in [0.15, 0.2) is 0 Å². The maximum Gasteiger partial charge on any atom is 0.293 e. The van der Waals surface area contributed by atoms with Crippen LogP contribution >= 0.6 is 11.8 Å². The first-order valence-electron chi connectivity index (χ1n) is 8.19. The van der Waals surface area contributed by atoms with Gasteiger partial charge in [0, 0.05) is 5.56 Å². The molecule has 0 spiro atoms. The number of aryl methyl sites for hydroxylation is 2. The maximum atomic E-state index is 12.5. The van der Waals surface area contributed by atoms with E-state index >= 15 is 0 Å². The summed E-state index contributed by atoms with van der Waals surface area (Å²) >= 11 is 0.869. The van der Waals surface area contributed by atoms with Crippen LogP contribution in [0, 0.1) is 13.8 Å². The van der Waals surface area contributed by atoms with Crippen molar-refractivity contribution >= 4 is 29.0 Å². The number of para-hydroxylation sites is 1. The number of imide groups is 1. The summed E-state index contributed by atoms with van der Waals surface area (Å²) in [6, 6.07) is 12.6. The van der Waals surface area contributed by atoms with Crippen LogP contribution in [0.1, 0.15) is 16.7 Å². The van der Waals surface area contributed by atoms with E-state index in [1.54, 1.807) is 18.2 Å². The summed E-state index contributed by atoms with van der Waals surface area (Å²) in [6.45, 7) is 4.33. The number of carbonyl (C=O) groups excluding carboxylic acids is 2. The molecule has 1 heterocycles. The number of phenols is 1. The minimum absolute atomic E-state index is 0.0672. The maximum absolute atomic E-state index is 12.5. The number of thioether (sulfide) groups is 1. The van der Waals surface area contributed by atoms with Gasteiger partial charge in [-0.2, -0.15) is 0 Å². The topological polar surface area (TPSA) is 66.8 Å². The molecule has 0 unspecified atom stereocenters. The average molecular weight is 369 g/mol. The minimum atomic E-state index is -0.368. The highest BCUT2D eigenvalue weighted by molar-refractivity contribution is 8.18. The quantitative estimate of drug-likeness (QED) is 0.803. The number of ether oxygens (including phenoxy) is 1. The van der Waals surface area contributed by atoms with E-state index in [1.165, 1.54) is 17.0 Å². The van der Waals surface area contributed by atoms with Gasteiger partial charge >= 0.3 is 0 Å².